The van der Waals surface area contributed by atoms with Crippen LogP contribution in [0.2, 0.25) is 0 Å². The zero-order chi connectivity index (χ0) is 22.3. The van der Waals surface area contributed by atoms with Gasteiger partial charge in [-0.15, -0.1) is 11.6 Å². The lowest BCUT2D eigenvalue weighted by molar-refractivity contribution is -0.141. The standard InChI is InChI=1S/C24H28ClN3O4/c25-14-22(29)28(15-19-16-31-20-8-4-5-9-21(20)32-19)23(17-10-12-26-13-11-17)24(30)27-18-6-2-1-3-7-18/h4-5,8-13,18-19,23H,1-3,6-7,14-16H2,(H,27,30)/t19-,23+/m0/s1. The summed E-state index contributed by atoms with van der Waals surface area (Å²) in [5.41, 5.74) is 0.684. The summed E-state index contributed by atoms with van der Waals surface area (Å²) in [4.78, 5) is 32.0. The van der Waals surface area contributed by atoms with Crippen molar-refractivity contribution in [1.82, 2.24) is 15.2 Å². The van der Waals surface area contributed by atoms with Crippen LogP contribution in [0.25, 0.3) is 0 Å². The van der Waals surface area contributed by atoms with Crippen molar-refractivity contribution in [3.05, 3.63) is 54.4 Å². The Morgan fingerprint density at radius 2 is 1.81 bits per heavy atom. The predicted octanol–water partition coefficient (Wildman–Crippen LogP) is 3.48. The Morgan fingerprint density at radius 3 is 2.53 bits per heavy atom. The van der Waals surface area contributed by atoms with E-state index in [9.17, 15) is 9.59 Å². The zero-order valence-electron chi connectivity index (χ0n) is 17.9. The van der Waals surface area contributed by atoms with Gasteiger partial charge >= 0.3 is 0 Å². The van der Waals surface area contributed by atoms with Gasteiger partial charge in [-0.1, -0.05) is 31.4 Å². The summed E-state index contributed by atoms with van der Waals surface area (Å²) in [5.74, 6) is 0.505. The summed E-state index contributed by atoms with van der Waals surface area (Å²) in [6.07, 6.45) is 8.11. The van der Waals surface area contributed by atoms with E-state index in [0.717, 1.165) is 25.7 Å². The average molecular weight is 458 g/mol. The Kier molecular flexibility index (Phi) is 7.47. The van der Waals surface area contributed by atoms with Crippen molar-refractivity contribution in [2.45, 2.75) is 50.3 Å². The molecule has 4 rings (SSSR count). The predicted molar refractivity (Wildman–Crippen MR) is 121 cm³/mol. The normalized spacial score (nSPS) is 19.1. The van der Waals surface area contributed by atoms with Gasteiger partial charge in [-0.2, -0.15) is 0 Å². The molecule has 1 aliphatic carbocycles. The minimum absolute atomic E-state index is 0.120. The first-order valence-corrected chi connectivity index (χ1v) is 11.6. The first-order valence-electron chi connectivity index (χ1n) is 11.1. The molecule has 0 saturated heterocycles. The van der Waals surface area contributed by atoms with Gasteiger partial charge in [0.15, 0.2) is 17.6 Å². The number of halogens is 1. The van der Waals surface area contributed by atoms with Gasteiger partial charge < -0.3 is 19.7 Å². The van der Waals surface area contributed by atoms with Crippen LogP contribution in [-0.2, 0) is 9.59 Å². The number of amides is 2. The van der Waals surface area contributed by atoms with E-state index in [-0.39, 0.29) is 36.9 Å². The first-order chi connectivity index (χ1) is 15.7. The number of pyridine rings is 1. The third-order valence-electron chi connectivity index (χ3n) is 5.94. The maximum Gasteiger partial charge on any atom is 0.247 e. The second-order valence-corrected chi connectivity index (χ2v) is 8.47. The first kappa shape index (κ1) is 22.4. The van der Waals surface area contributed by atoms with E-state index < -0.39 is 12.1 Å². The van der Waals surface area contributed by atoms with Gasteiger partial charge in [-0.3, -0.25) is 14.6 Å². The SMILES string of the molecule is O=C(NC1CCCCC1)[C@@H](c1ccncc1)N(C[C@H]1COc2ccccc2O1)C(=O)CCl. The quantitative estimate of drug-likeness (QED) is 0.644. The Bertz CT molecular complexity index is 920. The summed E-state index contributed by atoms with van der Waals surface area (Å²) < 4.78 is 11.9. The average Bonchev–Trinajstić information content (AvgIpc) is 2.84. The van der Waals surface area contributed by atoms with Crippen molar-refractivity contribution in [3.8, 4) is 11.5 Å². The largest absolute Gasteiger partial charge is 0.486 e. The lowest BCUT2D eigenvalue weighted by Crippen LogP contribution is -2.51. The molecule has 0 spiro atoms. The number of aromatic nitrogens is 1. The van der Waals surface area contributed by atoms with Crippen LogP contribution in [0.3, 0.4) is 0 Å². The molecule has 1 fully saturated rings. The van der Waals surface area contributed by atoms with Gasteiger partial charge in [-0.05, 0) is 42.7 Å². The molecule has 1 aromatic carbocycles. The summed E-state index contributed by atoms with van der Waals surface area (Å²) in [7, 11) is 0. The number of benzene rings is 1. The highest BCUT2D eigenvalue weighted by atomic mass is 35.5. The van der Waals surface area contributed by atoms with Gasteiger partial charge in [0.25, 0.3) is 0 Å². The molecule has 8 heteroatoms. The van der Waals surface area contributed by atoms with Crippen LogP contribution in [0.1, 0.15) is 43.7 Å². The summed E-state index contributed by atoms with van der Waals surface area (Å²) in [6, 6.07) is 10.2. The fourth-order valence-corrected chi connectivity index (χ4v) is 4.50. The van der Waals surface area contributed by atoms with Crippen LogP contribution in [0, 0.1) is 0 Å². The number of alkyl halides is 1. The van der Waals surface area contributed by atoms with Gasteiger partial charge in [0, 0.05) is 18.4 Å². The minimum atomic E-state index is -0.827. The monoisotopic (exact) mass is 457 g/mol. The van der Waals surface area contributed by atoms with Crippen molar-refractivity contribution in [2.75, 3.05) is 19.0 Å². The maximum atomic E-state index is 13.5. The maximum absolute atomic E-state index is 13.5. The van der Waals surface area contributed by atoms with Crippen LogP contribution < -0.4 is 14.8 Å². The summed E-state index contributed by atoms with van der Waals surface area (Å²) in [5, 5.41) is 3.16. The fourth-order valence-electron chi connectivity index (χ4n) is 4.35. The Morgan fingerprint density at radius 1 is 1.09 bits per heavy atom. The number of nitrogens with zero attached hydrogens (tertiary/aromatic N) is 2. The minimum Gasteiger partial charge on any atom is -0.486 e. The molecular weight excluding hydrogens is 430 g/mol. The number of carbonyl (C=O) groups is 2. The van der Waals surface area contributed by atoms with E-state index in [4.69, 9.17) is 21.1 Å². The highest BCUT2D eigenvalue weighted by Crippen LogP contribution is 2.32. The number of ether oxygens (including phenoxy) is 2. The fraction of sp³-hybridized carbons (Fsp3) is 0.458. The lowest BCUT2D eigenvalue weighted by atomic mass is 9.94. The molecule has 2 amide bonds. The van der Waals surface area contributed by atoms with Crippen molar-refractivity contribution >= 4 is 23.4 Å². The molecule has 0 radical (unpaired) electrons. The second kappa shape index (κ2) is 10.7. The molecule has 1 aliphatic heterocycles. The zero-order valence-corrected chi connectivity index (χ0v) is 18.7. The van der Waals surface area contributed by atoms with Gasteiger partial charge in [0.1, 0.15) is 18.5 Å². The highest BCUT2D eigenvalue weighted by molar-refractivity contribution is 6.27. The molecule has 32 heavy (non-hydrogen) atoms. The van der Waals surface area contributed by atoms with E-state index in [1.807, 2.05) is 24.3 Å². The number of hydrogen-bond donors (Lipinski definition) is 1. The third-order valence-corrected chi connectivity index (χ3v) is 6.16. The number of rotatable bonds is 7. The Hall–Kier alpha value is -2.80. The molecular formula is C24H28ClN3O4. The van der Waals surface area contributed by atoms with Crippen LogP contribution in [-0.4, -0.2) is 52.9 Å². The molecule has 0 unspecified atom stereocenters. The molecule has 170 valence electrons. The van der Waals surface area contributed by atoms with Gasteiger partial charge in [0.2, 0.25) is 11.8 Å². The molecule has 2 heterocycles. The molecule has 2 aromatic rings. The molecule has 0 bridgehead atoms. The topological polar surface area (TPSA) is 80.8 Å². The van der Waals surface area contributed by atoms with E-state index >= 15 is 0 Å². The molecule has 1 N–H and O–H groups in total. The van der Waals surface area contributed by atoms with Crippen molar-refractivity contribution in [1.29, 1.82) is 0 Å². The number of para-hydroxylation sites is 2. The van der Waals surface area contributed by atoms with Crippen molar-refractivity contribution in [2.24, 2.45) is 0 Å². The second-order valence-electron chi connectivity index (χ2n) is 8.20. The van der Waals surface area contributed by atoms with Crippen LogP contribution in [0.4, 0.5) is 0 Å². The third kappa shape index (κ3) is 5.33. The molecule has 2 aliphatic rings. The van der Waals surface area contributed by atoms with Crippen LogP contribution in [0.15, 0.2) is 48.8 Å². The lowest BCUT2D eigenvalue weighted by Gasteiger charge is -2.36. The van der Waals surface area contributed by atoms with E-state index in [2.05, 4.69) is 10.3 Å². The van der Waals surface area contributed by atoms with Crippen LogP contribution in [0.5, 0.6) is 11.5 Å². The van der Waals surface area contributed by atoms with Crippen molar-refractivity contribution in [3.63, 3.8) is 0 Å². The molecule has 1 saturated carbocycles. The Balaban J connectivity index is 1.57. The number of nitrogens with one attached hydrogen (secondary N) is 1. The molecule has 2 atom stereocenters. The summed E-state index contributed by atoms with van der Waals surface area (Å²) >= 11 is 5.97. The number of carbonyl (C=O) groups excluding carboxylic acids is 2. The highest BCUT2D eigenvalue weighted by Gasteiger charge is 2.35. The van der Waals surface area contributed by atoms with E-state index in [1.54, 1.807) is 24.5 Å². The summed E-state index contributed by atoms with van der Waals surface area (Å²) in [6.45, 7) is 0.446. The Labute approximate surface area is 193 Å². The van der Waals surface area contributed by atoms with Crippen LogP contribution >= 0.6 is 11.6 Å². The molecule has 1 aromatic heterocycles. The van der Waals surface area contributed by atoms with Crippen molar-refractivity contribution < 1.29 is 19.1 Å². The van der Waals surface area contributed by atoms with E-state index in [0.29, 0.717) is 17.1 Å². The number of fused-ring (bicyclic) bond motifs is 1. The molecule has 7 nitrogen and oxygen atoms in total. The van der Waals surface area contributed by atoms with Gasteiger partial charge in [0.05, 0.1) is 6.54 Å². The van der Waals surface area contributed by atoms with E-state index in [1.165, 1.54) is 11.3 Å². The van der Waals surface area contributed by atoms with Gasteiger partial charge in [-0.25, -0.2) is 0 Å². The number of hydrogen-bond acceptors (Lipinski definition) is 5. The smallest absolute Gasteiger partial charge is 0.247 e.